The second kappa shape index (κ2) is 5.70. The summed E-state index contributed by atoms with van der Waals surface area (Å²) in [6, 6.07) is 0.568. The van der Waals surface area contributed by atoms with E-state index in [1.807, 2.05) is 0 Å². The molecule has 2 rings (SSSR count). The van der Waals surface area contributed by atoms with Gasteiger partial charge in [-0.25, -0.2) is 18.0 Å². The maximum Gasteiger partial charge on any atom is 0.343 e. The summed E-state index contributed by atoms with van der Waals surface area (Å²) >= 11 is 0. The van der Waals surface area contributed by atoms with Crippen molar-refractivity contribution in [3.8, 4) is 0 Å². The van der Waals surface area contributed by atoms with E-state index in [9.17, 15) is 22.8 Å². The van der Waals surface area contributed by atoms with Gasteiger partial charge < -0.3 is 9.75 Å². The molecule has 0 bridgehead atoms. The van der Waals surface area contributed by atoms with E-state index in [4.69, 9.17) is 4.74 Å². The van der Waals surface area contributed by atoms with Crippen LogP contribution in [0.1, 0.15) is 17.3 Å². The molecule has 5 nitrogen and oxygen atoms in total. The summed E-state index contributed by atoms with van der Waals surface area (Å²) in [5, 5.41) is 0.862. The van der Waals surface area contributed by atoms with Crippen molar-refractivity contribution in [2.24, 2.45) is 0 Å². The molecule has 1 aromatic heterocycles. The van der Waals surface area contributed by atoms with E-state index < -0.39 is 45.3 Å². The Balaban J connectivity index is 2.95. The Hall–Kier alpha value is -2.51. The summed E-state index contributed by atoms with van der Waals surface area (Å²) in [7, 11) is 2.97. The smallest absolute Gasteiger partial charge is 0.343 e. The Labute approximate surface area is 123 Å². The van der Waals surface area contributed by atoms with Gasteiger partial charge in [0.1, 0.15) is 11.1 Å². The van der Waals surface area contributed by atoms with Gasteiger partial charge in [0.2, 0.25) is 5.43 Å². The minimum Gasteiger partial charge on any atom is -0.462 e. The van der Waals surface area contributed by atoms with Gasteiger partial charge in [-0.1, -0.05) is 0 Å². The number of pyridine rings is 1. The third kappa shape index (κ3) is 2.40. The molecule has 0 fully saturated rings. The van der Waals surface area contributed by atoms with Crippen molar-refractivity contribution in [3.63, 3.8) is 0 Å². The van der Waals surface area contributed by atoms with Gasteiger partial charge in [0, 0.05) is 20.3 Å². The average molecular weight is 314 g/mol. The topological polar surface area (TPSA) is 51.5 Å². The fourth-order valence-electron chi connectivity index (χ4n) is 2.04. The van der Waals surface area contributed by atoms with E-state index >= 15 is 0 Å². The molecule has 1 aromatic carbocycles. The van der Waals surface area contributed by atoms with Crippen molar-refractivity contribution in [2.75, 3.05) is 25.7 Å². The molecule has 0 aliphatic heterocycles. The van der Waals surface area contributed by atoms with Gasteiger partial charge in [0.15, 0.2) is 17.5 Å². The minimum absolute atomic E-state index is 0.0322. The van der Waals surface area contributed by atoms with Gasteiger partial charge in [-0.2, -0.15) is 0 Å². The Morgan fingerprint density at radius 3 is 2.45 bits per heavy atom. The van der Waals surface area contributed by atoms with Crippen LogP contribution in [0.3, 0.4) is 0 Å². The first-order chi connectivity index (χ1) is 10.3. The Bertz CT molecular complexity index is 815. The van der Waals surface area contributed by atoms with Gasteiger partial charge in [-0.3, -0.25) is 9.47 Å². The standard InChI is InChI=1S/C14H13F3N2O3/c1-4-22-14(21)8-6-19(18(2)3)12-7(13(8)20)5-9(15)10(16)11(12)17/h5-6H,4H2,1-3H3. The first kappa shape index (κ1) is 15.9. The second-order valence-electron chi connectivity index (χ2n) is 4.67. The molecule has 0 amide bonds. The molecule has 0 aliphatic rings. The third-order valence-electron chi connectivity index (χ3n) is 3.03. The highest BCUT2D eigenvalue weighted by atomic mass is 19.2. The maximum absolute atomic E-state index is 14.0. The number of ether oxygens (including phenoxy) is 1. The molecule has 0 unspecified atom stereocenters. The van der Waals surface area contributed by atoms with Crippen LogP contribution in [0, 0.1) is 17.5 Å². The van der Waals surface area contributed by atoms with Crippen molar-refractivity contribution in [2.45, 2.75) is 6.92 Å². The summed E-state index contributed by atoms with van der Waals surface area (Å²) in [5.74, 6) is -5.62. The Morgan fingerprint density at radius 1 is 1.27 bits per heavy atom. The van der Waals surface area contributed by atoms with Crippen LogP contribution in [0.4, 0.5) is 13.2 Å². The quantitative estimate of drug-likeness (QED) is 0.640. The molecule has 8 heteroatoms. The highest BCUT2D eigenvalue weighted by Crippen LogP contribution is 2.21. The van der Waals surface area contributed by atoms with E-state index in [0.29, 0.717) is 6.07 Å². The first-order valence-electron chi connectivity index (χ1n) is 6.37. The molecule has 22 heavy (non-hydrogen) atoms. The number of hydrogen-bond acceptors (Lipinski definition) is 4. The molecule has 0 radical (unpaired) electrons. The zero-order chi connectivity index (χ0) is 16.6. The van der Waals surface area contributed by atoms with Crippen molar-refractivity contribution in [1.82, 2.24) is 4.68 Å². The first-order valence-corrected chi connectivity index (χ1v) is 6.37. The fourth-order valence-corrected chi connectivity index (χ4v) is 2.04. The number of rotatable bonds is 3. The van der Waals surface area contributed by atoms with Crippen molar-refractivity contribution >= 4 is 16.9 Å². The predicted molar refractivity (Wildman–Crippen MR) is 74.1 cm³/mol. The van der Waals surface area contributed by atoms with Crippen LogP contribution in [-0.4, -0.2) is 31.3 Å². The predicted octanol–water partition coefficient (Wildman–Crippen LogP) is 1.79. The van der Waals surface area contributed by atoms with Gasteiger partial charge in [0.25, 0.3) is 0 Å². The maximum atomic E-state index is 14.0. The zero-order valence-electron chi connectivity index (χ0n) is 12.1. The number of hydrogen-bond donors (Lipinski definition) is 0. The van der Waals surface area contributed by atoms with Gasteiger partial charge >= 0.3 is 5.97 Å². The lowest BCUT2D eigenvalue weighted by Crippen LogP contribution is -2.31. The van der Waals surface area contributed by atoms with Crippen LogP contribution in [0.5, 0.6) is 0 Å². The number of benzene rings is 1. The number of halogens is 3. The molecular weight excluding hydrogens is 301 g/mol. The summed E-state index contributed by atoms with van der Waals surface area (Å²) in [5.41, 5.74) is -1.78. The lowest BCUT2D eigenvalue weighted by atomic mass is 10.1. The summed E-state index contributed by atoms with van der Waals surface area (Å²) < 4.78 is 46.7. The molecule has 118 valence electrons. The SMILES string of the molecule is CCOC(=O)c1cn(N(C)C)c2c(F)c(F)c(F)cc2c1=O. The summed E-state index contributed by atoms with van der Waals surface area (Å²) in [4.78, 5) is 24.1. The van der Waals surface area contributed by atoms with E-state index in [0.717, 1.165) is 10.9 Å². The normalized spacial score (nSPS) is 10.8. The molecule has 0 N–H and O–H groups in total. The molecule has 2 aromatic rings. The average Bonchev–Trinajstić information content (AvgIpc) is 2.45. The molecule has 0 atom stereocenters. The van der Waals surface area contributed by atoms with Crippen LogP contribution >= 0.6 is 0 Å². The Morgan fingerprint density at radius 2 is 1.91 bits per heavy atom. The van der Waals surface area contributed by atoms with Crippen molar-refractivity contribution in [3.05, 3.63) is 45.5 Å². The summed E-state index contributed by atoms with van der Waals surface area (Å²) in [6.45, 7) is 1.59. The monoisotopic (exact) mass is 314 g/mol. The van der Waals surface area contributed by atoms with E-state index in [1.165, 1.54) is 19.1 Å². The number of aromatic nitrogens is 1. The minimum atomic E-state index is -1.69. The van der Waals surface area contributed by atoms with Crippen LogP contribution in [-0.2, 0) is 4.74 Å². The Kier molecular flexibility index (Phi) is 4.11. The van der Waals surface area contributed by atoms with E-state index in [2.05, 4.69) is 0 Å². The highest BCUT2D eigenvalue weighted by Gasteiger charge is 2.23. The lowest BCUT2D eigenvalue weighted by Gasteiger charge is -2.21. The zero-order valence-corrected chi connectivity index (χ0v) is 12.1. The number of carbonyl (C=O) groups excluding carboxylic acids is 1. The van der Waals surface area contributed by atoms with Crippen LogP contribution in [0.15, 0.2) is 17.1 Å². The lowest BCUT2D eigenvalue weighted by molar-refractivity contribution is 0.0524. The fraction of sp³-hybridized carbons (Fsp3) is 0.286. The van der Waals surface area contributed by atoms with Gasteiger partial charge in [-0.15, -0.1) is 0 Å². The van der Waals surface area contributed by atoms with Crippen molar-refractivity contribution in [1.29, 1.82) is 0 Å². The van der Waals surface area contributed by atoms with E-state index in [-0.39, 0.29) is 6.61 Å². The second-order valence-corrected chi connectivity index (χ2v) is 4.67. The largest absolute Gasteiger partial charge is 0.462 e. The molecule has 0 spiro atoms. The molecule has 0 saturated heterocycles. The number of nitrogens with zero attached hydrogens (tertiary/aromatic N) is 2. The molecule has 0 saturated carbocycles. The van der Waals surface area contributed by atoms with Crippen LogP contribution in [0.25, 0.3) is 10.9 Å². The van der Waals surface area contributed by atoms with Crippen LogP contribution < -0.4 is 10.4 Å². The number of fused-ring (bicyclic) bond motifs is 1. The molecule has 1 heterocycles. The molecule has 0 aliphatic carbocycles. The third-order valence-corrected chi connectivity index (χ3v) is 3.03. The van der Waals surface area contributed by atoms with Gasteiger partial charge in [0.05, 0.1) is 12.0 Å². The van der Waals surface area contributed by atoms with Crippen LogP contribution in [0.2, 0.25) is 0 Å². The molecular formula is C14H13F3N2O3. The highest BCUT2D eigenvalue weighted by molar-refractivity contribution is 5.94. The number of carbonyl (C=O) groups is 1. The van der Waals surface area contributed by atoms with Crippen molar-refractivity contribution < 1.29 is 22.7 Å². The summed E-state index contributed by atoms with van der Waals surface area (Å²) in [6.07, 6.45) is 1.03. The number of esters is 1. The van der Waals surface area contributed by atoms with Gasteiger partial charge in [-0.05, 0) is 13.0 Å². The van der Waals surface area contributed by atoms with E-state index in [1.54, 1.807) is 6.92 Å².